The molecule has 8 rings (SSSR count). The van der Waals surface area contributed by atoms with Gasteiger partial charge in [-0.25, -0.2) is 21.6 Å². The van der Waals surface area contributed by atoms with Crippen LogP contribution in [0.3, 0.4) is 0 Å². The number of carbonyl (C=O) groups is 1. The van der Waals surface area contributed by atoms with Crippen LogP contribution in [0.25, 0.3) is 0 Å². The number of carbonyl (C=O) groups excluding carboxylic acids is 1. The van der Waals surface area contributed by atoms with Gasteiger partial charge in [-0.1, -0.05) is 65.8 Å². The lowest BCUT2D eigenvalue weighted by Crippen LogP contribution is -2.61. The van der Waals surface area contributed by atoms with E-state index in [2.05, 4.69) is 46.9 Å². The number of allylic oxidation sites excluding steroid dienone is 1. The van der Waals surface area contributed by atoms with Crippen LogP contribution in [-0.2, 0) is 27.9 Å². The largest absolute Gasteiger partial charge is 0.352 e. The Kier molecular flexibility index (Phi) is 9.54. The van der Waals surface area contributed by atoms with Crippen LogP contribution in [-0.4, -0.2) is 79.0 Å². The molecular formula is C38H55F3N4O3S. The summed E-state index contributed by atoms with van der Waals surface area (Å²) in [5.74, 6) is -2.37. The third-order valence-corrected chi connectivity index (χ3v) is 14.4. The molecule has 1 amide bonds. The summed E-state index contributed by atoms with van der Waals surface area (Å²) in [6, 6.07) is 6.79. The first-order valence-corrected chi connectivity index (χ1v) is 19.5. The van der Waals surface area contributed by atoms with E-state index in [0.29, 0.717) is 37.3 Å². The minimum absolute atomic E-state index is 0.0429. The van der Waals surface area contributed by atoms with Crippen molar-refractivity contribution in [3.05, 3.63) is 58.4 Å². The Hall–Kier alpha value is -2.21. The number of halogens is 3. The van der Waals surface area contributed by atoms with Gasteiger partial charge < -0.3 is 10.2 Å². The van der Waals surface area contributed by atoms with Crippen LogP contribution in [0, 0.1) is 34.5 Å². The lowest BCUT2D eigenvalue weighted by Gasteiger charge is -2.62. The molecule has 4 aliphatic carbocycles. The lowest BCUT2D eigenvalue weighted by molar-refractivity contribution is -0.136. The van der Waals surface area contributed by atoms with Gasteiger partial charge in [-0.05, 0) is 79.5 Å². The van der Waals surface area contributed by atoms with E-state index >= 15 is 13.2 Å². The number of rotatable bonds is 9. The molecule has 272 valence electrons. The highest BCUT2D eigenvalue weighted by Gasteiger charge is 2.57. The number of amides is 1. The Labute approximate surface area is 291 Å². The molecule has 7 aliphatic rings. The molecular weight excluding hydrogens is 650 g/mol. The molecule has 3 heterocycles. The summed E-state index contributed by atoms with van der Waals surface area (Å²) in [5.41, 5.74) is 0.425. The zero-order chi connectivity index (χ0) is 35.8. The maximum atomic E-state index is 15.8. The first-order valence-electron chi connectivity index (χ1n) is 17.9. The molecule has 3 aliphatic heterocycles. The highest BCUT2D eigenvalue weighted by Crippen LogP contribution is 2.61. The maximum absolute atomic E-state index is 15.8. The summed E-state index contributed by atoms with van der Waals surface area (Å²) in [4.78, 5) is 17.7. The van der Waals surface area contributed by atoms with Gasteiger partial charge in [-0.15, -0.1) is 0 Å². The second kappa shape index (κ2) is 12.8. The molecule has 2 unspecified atom stereocenters. The topological polar surface area (TPSA) is 73.0 Å². The molecule has 4 bridgehead atoms. The van der Waals surface area contributed by atoms with Gasteiger partial charge in [-0.3, -0.25) is 9.69 Å². The van der Waals surface area contributed by atoms with Crippen LogP contribution < -0.4 is 5.32 Å². The number of likely N-dealkylation sites (N-methyl/N-ethyl adjacent to an activating group) is 1. The second-order valence-corrected chi connectivity index (χ2v) is 19.8. The summed E-state index contributed by atoms with van der Waals surface area (Å²) in [7, 11) is 0.136. The van der Waals surface area contributed by atoms with Crippen molar-refractivity contribution in [2.75, 3.05) is 32.9 Å². The van der Waals surface area contributed by atoms with E-state index in [1.165, 1.54) is 10.7 Å². The molecule has 1 aromatic carbocycles. The number of nitrogens with zero attached hydrogens (tertiary/aromatic N) is 3. The van der Waals surface area contributed by atoms with Crippen molar-refractivity contribution in [2.45, 2.75) is 104 Å². The van der Waals surface area contributed by atoms with Crippen molar-refractivity contribution < 1.29 is 26.4 Å². The van der Waals surface area contributed by atoms with Crippen LogP contribution in [0.15, 0.2) is 47.3 Å². The van der Waals surface area contributed by atoms with Crippen molar-refractivity contribution in [3.63, 3.8) is 0 Å². The van der Waals surface area contributed by atoms with Crippen molar-refractivity contribution in [1.82, 2.24) is 19.4 Å². The average molecular weight is 705 g/mol. The summed E-state index contributed by atoms with van der Waals surface area (Å²) in [6.07, 6.45) is 2.69. The fraction of sp³-hybridized carbons (Fsp3) is 0.711. The monoisotopic (exact) mass is 704 g/mol. The fourth-order valence-corrected chi connectivity index (χ4v) is 11.9. The summed E-state index contributed by atoms with van der Waals surface area (Å²) < 4.78 is 74.6. The van der Waals surface area contributed by atoms with Gasteiger partial charge in [-0.2, -0.15) is 4.31 Å². The zero-order valence-corrected chi connectivity index (χ0v) is 31.3. The van der Waals surface area contributed by atoms with Crippen LogP contribution in [0.1, 0.15) is 84.8 Å². The van der Waals surface area contributed by atoms with E-state index in [9.17, 15) is 13.2 Å². The minimum atomic E-state index is -3.66. The summed E-state index contributed by atoms with van der Waals surface area (Å²) >= 11 is 0. The Balaban J connectivity index is 1.24. The molecule has 0 aromatic heterocycles. The van der Waals surface area contributed by atoms with Crippen molar-refractivity contribution in [2.24, 2.45) is 34.5 Å². The molecule has 0 radical (unpaired) electrons. The molecule has 7 nitrogen and oxygen atoms in total. The Morgan fingerprint density at radius 2 is 1.76 bits per heavy atom. The summed E-state index contributed by atoms with van der Waals surface area (Å²) in [5, 5.41) is 3.25. The average Bonchev–Trinajstić information content (AvgIpc) is 3.20. The van der Waals surface area contributed by atoms with Crippen LogP contribution in [0.2, 0.25) is 0 Å². The van der Waals surface area contributed by atoms with E-state index in [0.717, 1.165) is 17.5 Å². The number of sulfonamides is 1. The third-order valence-electron chi connectivity index (χ3n) is 12.6. The van der Waals surface area contributed by atoms with Gasteiger partial charge in [0, 0.05) is 55.7 Å². The number of benzene rings is 1. The van der Waals surface area contributed by atoms with E-state index in [4.69, 9.17) is 0 Å². The molecule has 3 saturated carbocycles. The highest BCUT2D eigenvalue weighted by atomic mass is 32.2. The molecule has 1 aromatic rings. The van der Waals surface area contributed by atoms with Gasteiger partial charge in [0.05, 0.1) is 5.75 Å². The Morgan fingerprint density at radius 1 is 1.08 bits per heavy atom. The number of hydrogen-bond donors (Lipinski definition) is 1. The molecule has 4 fully saturated rings. The smallest absolute Gasteiger partial charge is 0.238 e. The fourth-order valence-electron chi connectivity index (χ4n) is 10.2. The first-order chi connectivity index (χ1) is 22.7. The van der Waals surface area contributed by atoms with Gasteiger partial charge in [0.15, 0.2) is 5.83 Å². The number of nitrogens with one attached hydrogen (secondary N) is 1. The first kappa shape index (κ1) is 36.6. The van der Waals surface area contributed by atoms with Gasteiger partial charge in [0.1, 0.15) is 17.7 Å². The quantitative estimate of drug-likeness (QED) is 0.309. The molecule has 49 heavy (non-hydrogen) atoms. The van der Waals surface area contributed by atoms with E-state index in [1.54, 1.807) is 0 Å². The molecule has 0 spiro atoms. The standard InChI is InChI=1S/C38H55F3N4O3S/c1-23-28-15-26(37(28,5)6)16-31(23)42-35(46)32-12-13-49(47,48)45(32)19-25-11-9-10-24(14-25)18-44-20-27-30(39)17-29(34(41)33(27)40)38(44,22-43(7)8)21-36(2,3)4/h9-11,14,23,26,28-29,31-32H,12-13,15-22H2,1-8H3,(H,42,46)/t23-,26+,28-,29?,31-,32?,38+/m0/s1. The highest BCUT2D eigenvalue weighted by molar-refractivity contribution is 7.89. The van der Waals surface area contributed by atoms with Crippen LogP contribution in [0.4, 0.5) is 13.2 Å². The SMILES string of the molecule is C[C@@H]1[C@@H](NC(=O)C2CCS(=O)(=O)N2Cc2cccc(CN3CC4=C(F)CC(C(F)=C4F)[C@]3(CN(C)C)CC(C)(C)C)c2)C[C@H]2C[C@@H]1C2(C)C. The molecule has 11 heteroatoms. The van der Waals surface area contributed by atoms with Crippen molar-refractivity contribution >= 4 is 15.9 Å². The van der Waals surface area contributed by atoms with E-state index < -0.39 is 45.0 Å². The zero-order valence-electron chi connectivity index (χ0n) is 30.5. The van der Waals surface area contributed by atoms with Crippen molar-refractivity contribution in [1.29, 1.82) is 0 Å². The van der Waals surface area contributed by atoms with E-state index in [1.807, 2.05) is 48.2 Å². The van der Waals surface area contributed by atoms with Crippen LogP contribution in [0.5, 0.6) is 0 Å². The Morgan fingerprint density at radius 3 is 2.37 bits per heavy atom. The number of hydrogen-bond acceptors (Lipinski definition) is 5. The van der Waals surface area contributed by atoms with Gasteiger partial charge in [0.25, 0.3) is 0 Å². The predicted octanol–water partition coefficient (Wildman–Crippen LogP) is 6.72. The maximum Gasteiger partial charge on any atom is 0.238 e. The normalized spacial score (nSPS) is 34.4. The molecule has 1 N–H and O–H groups in total. The Bertz CT molecular complexity index is 1650. The molecule has 1 saturated heterocycles. The van der Waals surface area contributed by atoms with Crippen molar-refractivity contribution in [3.8, 4) is 0 Å². The van der Waals surface area contributed by atoms with Crippen LogP contribution >= 0.6 is 0 Å². The second-order valence-electron chi connectivity index (χ2n) is 17.8. The lowest BCUT2D eigenvalue weighted by atomic mass is 9.45. The minimum Gasteiger partial charge on any atom is -0.352 e. The molecule has 7 atom stereocenters. The predicted molar refractivity (Wildman–Crippen MR) is 187 cm³/mol. The summed E-state index contributed by atoms with van der Waals surface area (Å²) in [6.45, 7) is 13.7. The number of fused-ring (bicyclic) bond motifs is 5. The van der Waals surface area contributed by atoms with E-state index in [-0.39, 0.29) is 60.0 Å². The third kappa shape index (κ3) is 6.66. The van der Waals surface area contributed by atoms with Gasteiger partial charge in [0.2, 0.25) is 15.9 Å². The van der Waals surface area contributed by atoms with Gasteiger partial charge >= 0.3 is 0 Å².